The number of aliphatic imine (C=N–C) groups is 1. The zero-order valence-electron chi connectivity index (χ0n) is 14.0. The fraction of sp³-hybridized carbons (Fsp3) is 0.600. The summed E-state index contributed by atoms with van der Waals surface area (Å²) in [7, 11) is 0. The number of carbonyl (C=O) groups is 1. The van der Waals surface area contributed by atoms with Gasteiger partial charge in [0.25, 0.3) is 0 Å². The molecule has 23 heavy (non-hydrogen) atoms. The summed E-state index contributed by atoms with van der Waals surface area (Å²) in [6.07, 6.45) is 5.69. The Labute approximate surface area is 141 Å². The second kappa shape index (κ2) is 8.85. The first kappa shape index (κ1) is 19.4. The number of ether oxygens (including phenoxy) is 1. The molecular weight excluding hydrogens is 286 g/mol. The van der Waals surface area contributed by atoms with E-state index in [1.165, 1.54) is 32.1 Å². The number of benzene rings is 1. The quantitative estimate of drug-likeness (QED) is 0.653. The Hall–Kier alpha value is -1.64. The normalized spacial score (nSPS) is 16.6. The van der Waals surface area contributed by atoms with Gasteiger partial charge in [-0.25, -0.2) is 4.79 Å². The van der Waals surface area contributed by atoms with E-state index in [4.69, 9.17) is 4.74 Å². The van der Waals surface area contributed by atoms with Crippen LogP contribution in [0.15, 0.2) is 35.3 Å². The van der Waals surface area contributed by atoms with Crippen molar-refractivity contribution in [1.82, 2.24) is 0 Å². The average Bonchev–Trinajstić information content (AvgIpc) is 2.51. The van der Waals surface area contributed by atoms with E-state index >= 15 is 0 Å². The van der Waals surface area contributed by atoms with Crippen molar-refractivity contribution in [2.24, 2.45) is 16.3 Å². The molecule has 1 saturated carbocycles. The van der Waals surface area contributed by atoms with Crippen LogP contribution in [0.3, 0.4) is 0 Å². The van der Waals surface area contributed by atoms with Crippen LogP contribution in [0.1, 0.15) is 65.9 Å². The lowest BCUT2D eigenvalue weighted by Gasteiger charge is -2.22. The minimum Gasteiger partial charge on any atom is -0.448 e. The molecule has 0 heterocycles. The first-order chi connectivity index (χ1) is 10.5. The van der Waals surface area contributed by atoms with Gasteiger partial charge in [-0.05, 0) is 24.3 Å². The van der Waals surface area contributed by atoms with Crippen LogP contribution in [0.2, 0.25) is 0 Å². The second-order valence-corrected chi connectivity index (χ2v) is 7.16. The van der Waals surface area contributed by atoms with E-state index in [-0.39, 0.29) is 12.8 Å². The summed E-state index contributed by atoms with van der Waals surface area (Å²) in [6.45, 7) is 6.70. The first-order valence-electron chi connectivity index (χ1n) is 8.28. The van der Waals surface area contributed by atoms with E-state index in [1.807, 2.05) is 30.3 Å². The molecule has 0 unspecified atom stereocenters. The summed E-state index contributed by atoms with van der Waals surface area (Å²) < 4.78 is 5.40. The fourth-order valence-corrected chi connectivity index (χ4v) is 2.93. The number of hydrogen-bond donors (Lipinski definition) is 0. The number of amides is 1. The highest BCUT2D eigenvalue weighted by Crippen LogP contribution is 2.25. The van der Waals surface area contributed by atoms with Gasteiger partial charge in [-0.2, -0.15) is 4.99 Å². The predicted octanol–water partition coefficient (Wildman–Crippen LogP) is 5.87. The number of carbonyl (C=O) groups excluding carboxylic acids is 1. The van der Waals surface area contributed by atoms with E-state index < -0.39 is 6.09 Å². The van der Waals surface area contributed by atoms with Gasteiger partial charge in [-0.15, -0.1) is 0 Å². The molecule has 0 aliphatic heterocycles. The van der Waals surface area contributed by atoms with Crippen LogP contribution in [0, 0.1) is 11.3 Å². The zero-order chi connectivity index (χ0) is 16.0. The van der Waals surface area contributed by atoms with Gasteiger partial charge in [0.05, 0.1) is 12.3 Å². The van der Waals surface area contributed by atoms with Crippen LogP contribution in [0.25, 0.3) is 0 Å². The largest absolute Gasteiger partial charge is 0.448 e. The van der Waals surface area contributed by atoms with Crippen LogP contribution in [-0.2, 0) is 4.74 Å². The lowest BCUT2D eigenvalue weighted by atomic mass is 9.85. The van der Waals surface area contributed by atoms with Gasteiger partial charge in [0.1, 0.15) is 0 Å². The van der Waals surface area contributed by atoms with E-state index in [9.17, 15) is 4.79 Å². The van der Waals surface area contributed by atoms with Crippen molar-refractivity contribution in [3.63, 3.8) is 0 Å². The maximum Gasteiger partial charge on any atom is 0.433 e. The molecule has 1 aliphatic rings. The molecule has 1 amide bonds. The van der Waals surface area contributed by atoms with Gasteiger partial charge >= 0.3 is 6.09 Å². The highest BCUT2D eigenvalue weighted by Gasteiger charge is 2.23. The Balaban J connectivity index is 0.00000264. The molecule has 3 heteroatoms. The zero-order valence-corrected chi connectivity index (χ0v) is 14.0. The molecule has 2 rings (SSSR count). The van der Waals surface area contributed by atoms with Gasteiger partial charge in [-0.1, -0.05) is 77.8 Å². The number of hydrogen-bond acceptors (Lipinski definition) is 2. The fourth-order valence-electron chi connectivity index (χ4n) is 2.93. The van der Waals surface area contributed by atoms with Gasteiger partial charge in [-0.3, -0.25) is 0 Å². The number of rotatable bonds is 3. The standard InChI is InChI=1S/C19H27NO2.CH4/c1-19(2,3)17(16-12-8-5-9-13-16)20-18(21)22-14-15-10-6-4-7-11-15;/h5,8-9,12-13,15H,4,6-7,10-11,14H2,1-3H3;1H4. The summed E-state index contributed by atoms with van der Waals surface area (Å²) in [5.74, 6) is 0.516. The molecule has 0 saturated heterocycles. The monoisotopic (exact) mass is 317 g/mol. The third kappa shape index (κ3) is 6.17. The molecule has 1 fully saturated rings. The van der Waals surface area contributed by atoms with Crippen molar-refractivity contribution in [3.8, 4) is 0 Å². The molecule has 0 radical (unpaired) electrons. The molecular formula is C20H31NO2. The van der Waals surface area contributed by atoms with Crippen LogP contribution in [0.4, 0.5) is 4.79 Å². The molecule has 1 aliphatic carbocycles. The van der Waals surface area contributed by atoms with Crippen molar-refractivity contribution in [2.45, 2.75) is 60.3 Å². The molecule has 0 N–H and O–H groups in total. The summed E-state index contributed by atoms with van der Waals surface area (Å²) in [5, 5.41) is 0. The Morgan fingerprint density at radius 3 is 2.30 bits per heavy atom. The van der Waals surface area contributed by atoms with Crippen molar-refractivity contribution >= 4 is 11.8 Å². The lowest BCUT2D eigenvalue weighted by Crippen LogP contribution is -2.24. The summed E-state index contributed by atoms with van der Waals surface area (Å²) in [6, 6.07) is 9.86. The second-order valence-electron chi connectivity index (χ2n) is 7.16. The van der Waals surface area contributed by atoms with Crippen molar-refractivity contribution in [3.05, 3.63) is 35.9 Å². The van der Waals surface area contributed by atoms with Crippen molar-refractivity contribution in [1.29, 1.82) is 0 Å². The minimum absolute atomic E-state index is 0. The first-order valence-corrected chi connectivity index (χ1v) is 8.28. The van der Waals surface area contributed by atoms with Crippen LogP contribution < -0.4 is 0 Å². The Bertz CT molecular complexity index is 508. The average molecular weight is 317 g/mol. The Morgan fingerprint density at radius 1 is 1.13 bits per heavy atom. The van der Waals surface area contributed by atoms with Gasteiger partial charge in [0, 0.05) is 5.41 Å². The maximum absolute atomic E-state index is 12.1. The van der Waals surface area contributed by atoms with E-state index in [0.29, 0.717) is 12.5 Å². The SMILES string of the molecule is C.CC(C)(C)C(=NC(=O)OCC1CCCCC1)c1ccccc1. The van der Waals surface area contributed by atoms with Crippen LogP contribution in [-0.4, -0.2) is 18.4 Å². The topological polar surface area (TPSA) is 38.7 Å². The molecule has 0 bridgehead atoms. The minimum atomic E-state index is -0.459. The molecule has 3 nitrogen and oxygen atoms in total. The van der Waals surface area contributed by atoms with E-state index in [0.717, 1.165) is 11.3 Å². The van der Waals surface area contributed by atoms with Gasteiger partial charge in [0.2, 0.25) is 0 Å². The third-order valence-corrected chi connectivity index (χ3v) is 4.13. The highest BCUT2D eigenvalue weighted by molar-refractivity contribution is 6.08. The molecule has 128 valence electrons. The predicted molar refractivity (Wildman–Crippen MR) is 97.1 cm³/mol. The molecule has 0 aromatic heterocycles. The summed E-state index contributed by atoms with van der Waals surface area (Å²) >= 11 is 0. The van der Waals surface area contributed by atoms with Gasteiger partial charge in [0.15, 0.2) is 0 Å². The molecule has 1 aromatic rings. The highest BCUT2D eigenvalue weighted by atomic mass is 16.5. The van der Waals surface area contributed by atoms with Crippen molar-refractivity contribution < 1.29 is 9.53 Å². The number of nitrogens with zero attached hydrogens (tertiary/aromatic N) is 1. The summed E-state index contributed by atoms with van der Waals surface area (Å²) in [5.41, 5.74) is 1.55. The van der Waals surface area contributed by atoms with E-state index in [1.54, 1.807) is 0 Å². The molecule has 1 aromatic carbocycles. The lowest BCUT2D eigenvalue weighted by molar-refractivity contribution is 0.125. The van der Waals surface area contributed by atoms with Gasteiger partial charge < -0.3 is 4.74 Å². The van der Waals surface area contributed by atoms with Crippen molar-refractivity contribution in [2.75, 3.05) is 6.61 Å². The third-order valence-electron chi connectivity index (χ3n) is 4.13. The summed E-state index contributed by atoms with van der Waals surface area (Å²) in [4.78, 5) is 16.4. The Morgan fingerprint density at radius 2 is 1.74 bits per heavy atom. The Kier molecular flexibility index (Phi) is 7.47. The van der Waals surface area contributed by atoms with E-state index in [2.05, 4.69) is 25.8 Å². The smallest absolute Gasteiger partial charge is 0.433 e. The maximum atomic E-state index is 12.1. The molecule has 0 atom stereocenters. The van der Waals surface area contributed by atoms with Crippen LogP contribution >= 0.6 is 0 Å². The van der Waals surface area contributed by atoms with Crippen LogP contribution in [0.5, 0.6) is 0 Å². The molecule has 0 spiro atoms.